The molecule has 28 heavy (non-hydrogen) atoms. The van der Waals surface area contributed by atoms with Crippen LogP contribution in [-0.2, 0) is 10.0 Å². The lowest BCUT2D eigenvalue weighted by Crippen LogP contribution is -2.30. The fourth-order valence-corrected chi connectivity index (χ4v) is 4.11. The summed E-state index contributed by atoms with van der Waals surface area (Å²) in [7, 11) is -4.00. The number of nitrogens with two attached hydrogens (primary N) is 1. The van der Waals surface area contributed by atoms with Crippen molar-refractivity contribution in [1.29, 1.82) is 0 Å². The molecule has 0 aliphatic rings. The molecule has 144 valence electrons. The molecule has 0 radical (unpaired) electrons. The molecule has 0 saturated carbocycles. The first kappa shape index (κ1) is 19.8. The Morgan fingerprint density at radius 3 is 2.25 bits per heavy atom. The molecule has 0 heterocycles. The second-order valence-electron chi connectivity index (χ2n) is 5.99. The minimum absolute atomic E-state index is 0.0976. The highest BCUT2D eigenvalue weighted by molar-refractivity contribution is 7.89. The van der Waals surface area contributed by atoms with E-state index in [0.29, 0.717) is 21.8 Å². The number of rotatable bonds is 6. The van der Waals surface area contributed by atoms with Crippen LogP contribution in [0.15, 0.2) is 77.7 Å². The summed E-state index contributed by atoms with van der Waals surface area (Å²) in [6, 6.07) is 17.6. The Balaban J connectivity index is 2.04. The quantitative estimate of drug-likeness (QED) is 0.358. The number of nitro benzene ring substituents is 1. The van der Waals surface area contributed by atoms with Crippen molar-refractivity contribution in [3.05, 3.63) is 99.1 Å². The first-order valence-electron chi connectivity index (χ1n) is 8.14. The van der Waals surface area contributed by atoms with Crippen molar-refractivity contribution in [3.63, 3.8) is 0 Å². The number of sulfonamides is 1. The van der Waals surface area contributed by atoms with Gasteiger partial charge < -0.3 is 5.73 Å². The third-order valence-electron chi connectivity index (χ3n) is 4.12. The SMILES string of the molecule is Nc1ccc(Cl)cc1[C@@H](NS(=O)(=O)c1ccc([N+](=O)[O-])cc1)c1ccccc1. The molecule has 0 aliphatic carbocycles. The van der Waals surface area contributed by atoms with Gasteiger partial charge in [-0.2, -0.15) is 4.72 Å². The van der Waals surface area contributed by atoms with E-state index >= 15 is 0 Å². The summed E-state index contributed by atoms with van der Waals surface area (Å²) in [5.41, 5.74) is 7.42. The van der Waals surface area contributed by atoms with Crippen LogP contribution in [0.5, 0.6) is 0 Å². The van der Waals surface area contributed by atoms with Crippen molar-refractivity contribution in [1.82, 2.24) is 4.72 Å². The van der Waals surface area contributed by atoms with Gasteiger partial charge in [-0.3, -0.25) is 10.1 Å². The summed E-state index contributed by atoms with van der Waals surface area (Å²) in [6.07, 6.45) is 0. The fraction of sp³-hybridized carbons (Fsp3) is 0.0526. The molecule has 0 fully saturated rings. The largest absolute Gasteiger partial charge is 0.398 e. The first-order chi connectivity index (χ1) is 13.3. The highest BCUT2D eigenvalue weighted by Gasteiger charge is 2.25. The second kappa shape index (κ2) is 7.97. The van der Waals surface area contributed by atoms with Gasteiger partial charge in [-0.05, 0) is 41.5 Å². The van der Waals surface area contributed by atoms with E-state index in [-0.39, 0.29) is 10.6 Å². The number of hydrogen-bond donors (Lipinski definition) is 2. The van der Waals surface area contributed by atoms with Gasteiger partial charge in [0.2, 0.25) is 10.0 Å². The number of benzene rings is 3. The van der Waals surface area contributed by atoms with Crippen molar-refractivity contribution < 1.29 is 13.3 Å². The monoisotopic (exact) mass is 417 g/mol. The number of nitrogens with zero attached hydrogens (tertiary/aromatic N) is 1. The van der Waals surface area contributed by atoms with Gasteiger partial charge in [-0.1, -0.05) is 41.9 Å². The summed E-state index contributed by atoms with van der Waals surface area (Å²) in [5.74, 6) is 0. The predicted molar refractivity (Wildman–Crippen MR) is 108 cm³/mol. The van der Waals surface area contributed by atoms with Gasteiger partial charge in [-0.15, -0.1) is 0 Å². The number of non-ortho nitro benzene ring substituents is 1. The van der Waals surface area contributed by atoms with Gasteiger partial charge in [0.15, 0.2) is 0 Å². The van der Waals surface area contributed by atoms with Crippen LogP contribution in [0.2, 0.25) is 5.02 Å². The van der Waals surface area contributed by atoms with Gasteiger partial charge in [0.05, 0.1) is 15.9 Å². The summed E-state index contributed by atoms with van der Waals surface area (Å²) >= 11 is 6.09. The van der Waals surface area contributed by atoms with E-state index in [1.54, 1.807) is 42.5 Å². The van der Waals surface area contributed by atoms with Crippen molar-refractivity contribution in [2.24, 2.45) is 0 Å². The van der Waals surface area contributed by atoms with Crippen LogP contribution in [0.1, 0.15) is 17.2 Å². The second-order valence-corrected chi connectivity index (χ2v) is 8.14. The zero-order chi connectivity index (χ0) is 20.3. The fourth-order valence-electron chi connectivity index (χ4n) is 2.72. The van der Waals surface area contributed by atoms with Crippen molar-refractivity contribution in [2.45, 2.75) is 10.9 Å². The molecule has 9 heteroatoms. The third-order valence-corrected chi connectivity index (χ3v) is 5.80. The smallest absolute Gasteiger partial charge is 0.269 e. The van der Waals surface area contributed by atoms with E-state index < -0.39 is 21.0 Å². The van der Waals surface area contributed by atoms with Crippen molar-refractivity contribution >= 4 is 33.0 Å². The molecule has 0 aromatic heterocycles. The molecule has 7 nitrogen and oxygen atoms in total. The van der Waals surface area contributed by atoms with Crippen LogP contribution in [-0.4, -0.2) is 13.3 Å². The topological polar surface area (TPSA) is 115 Å². The van der Waals surface area contributed by atoms with Crippen molar-refractivity contribution in [3.8, 4) is 0 Å². The molecule has 1 atom stereocenters. The average Bonchev–Trinajstić information content (AvgIpc) is 2.69. The molecule has 3 aromatic carbocycles. The number of hydrogen-bond acceptors (Lipinski definition) is 5. The van der Waals surface area contributed by atoms with E-state index in [0.717, 1.165) is 12.1 Å². The normalized spacial score (nSPS) is 12.5. The van der Waals surface area contributed by atoms with Gasteiger partial charge in [0.25, 0.3) is 5.69 Å². The van der Waals surface area contributed by atoms with E-state index in [1.165, 1.54) is 12.1 Å². The maximum absolute atomic E-state index is 12.9. The Bertz CT molecular complexity index is 1100. The molecular formula is C19H16ClN3O4S. The van der Waals surface area contributed by atoms with Crippen molar-refractivity contribution in [2.75, 3.05) is 5.73 Å². The maximum Gasteiger partial charge on any atom is 0.269 e. The molecule has 0 saturated heterocycles. The summed E-state index contributed by atoms with van der Waals surface area (Å²) < 4.78 is 28.4. The van der Waals surface area contributed by atoms with E-state index in [4.69, 9.17) is 17.3 Å². The summed E-state index contributed by atoms with van der Waals surface area (Å²) in [5, 5.41) is 11.2. The third kappa shape index (κ3) is 4.30. The Labute approximate surface area is 167 Å². The molecule has 0 spiro atoms. The van der Waals surface area contributed by atoms with Crippen LogP contribution in [0, 0.1) is 10.1 Å². The lowest BCUT2D eigenvalue weighted by atomic mass is 9.98. The lowest BCUT2D eigenvalue weighted by Gasteiger charge is -2.21. The molecule has 3 aromatic rings. The van der Waals surface area contributed by atoms with E-state index in [9.17, 15) is 18.5 Å². The lowest BCUT2D eigenvalue weighted by molar-refractivity contribution is -0.384. The van der Waals surface area contributed by atoms with Gasteiger partial charge in [0, 0.05) is 22.8 Å². The Morgan fingerprint density at radius 2 is 1.64 bits per heavy atom. The predicted octanol–water partition coefficient (Wildman–Crippen LogP) is 3.90. The number of nitrogens with one attached hydrogen (secondary N) is 1. The van der Waals surface area contributed by atoms with Crippen LogP contribution >= 0.6 is 11.6 Å². The van der Waals surface area contributed by atoms with E-state index in [1.807, 2.05) is 6.07 Å². The molecule has 0 amide bonds. The number of anilines is 1. The minimum atomic E-state index is -4.00. The molecule has 0 aliphatic heterocycles. The highest BCUT2D eigenvalue weighted by atomic mass is 35.5. The molecule has 0 unspecified atom stereocenters. The van der Waals surface area contributed by atoms with Crippen LogP contribution in [0.4, 0.5) is 11.4 Å². The van der Waals surface area contributed by atoms with Crippen LogP contribution in [0.3, 0.4) is 0 Å². The first-order valence-corrected chi connectivity index (χ1v) is 10.0. The number of nitrogen functional groups attached to an aromatic ring is 1. The number of nitro groups is 1. The zero-order valence-corrected chi connectivity index (χ0v) is 16.0. The van der Waals surface area contributed by atoms with Gasteiger partial charge in [0.1, 0.15) is 0 Å². The molecule has 0 bridgehead atoms. The Kier molecular flexibility index (Phi) is 5.64. The molecule has 3 N–H and O–H groups in total. The van der Waals surface area contributed by atoms with Gasteiger partial charge in [-0.25, -0.2) is 8.42 Å². The Morgan fingerprint density at radius 1 is 1.00 bits per heavy atom. The maximum atomic E-state index is 12.9. The molecular weight excluding hydrogens is 402 g/mol. The summed E-state index contributed by atoms with van der Waals surface area (Å²) in [6.45, 7) is 0. The van der Waals surface area contributed by atoms with Gasteiger partial charge >= 0.3 is 0 Å². The van der Waals surface area contributed by atoms with E-state index in [2.05, 4.69) is 4.72 Å². The highest BCUT2D eigenvalue weighted by Crippen LogP contribution is 2.31. The van der Waals surface area contributed by atoms with Crippen LogP contribution in [0.25, 0.3) is 0 Å². The molecule has 3 rings (SSSR count). The van der Waals surface area contributed by atoms with Crippen LogP contribution < -0.4 is 10.5 Å². The summed E-state index contributed by atoms with van der Waals surface area (Å²) in [4.78, 5) is 10.1. The number of halogens is 1. The standard InChI is InChI=1S/C19H16ClN3O4S/c20-14-6-11-18(21)17(12-14)19(13-4-2-1-3-5-13)22-28(26,27)16-9-7-15(8-10-16)23(24)25/h1-12,19,22H,21H2/t19-/m0/s1. The zero-order valence-electron chi connectivity index (χ0n) is 14.4. The minimum Gasteiger partial charge on any atom is -0.398 e. The Hall–Kier alpha value is -2.94. The average molecular weight is 418 g/mol.